The Kier molecular flexibility index (Phi) is 7.24. The Bertz CT molecular complexity index is 3470. The zero-order valence-electron chi connectivity index (χ0n) is 30.3. The van der Waals surface area contributed by atoms with Crippen molar-refractivity contribution in [2.24, 2.45) is 0 Å². The van der Waals surface area contributed by atoms with Crippen LogP contribution >= 0.6 is 22.7 Å². The molecule has 12 rings (SSSR count). The van der Waals surface area contributed by atoms with Crippen molar-refractivity contribution in [1.29, 1.82) is 0 Å². The third-order valence-electron chi connectivity index (χ3n) is 10.9. The monoisotopic (exact) mass is 763 g/mol. The standard InChI is InChI=1S/C51H29N3OS2/c1-3-13-30(14-4-1)49-52-50(31-15-5-2-6-16-31)54-51(53-49)32-25-26-35-36-20-11-21-37(48(36)55-41(35)28-32)40-27-33(29-45-47(40)39-18-8-10-23-43(39)57-45)34-19-12-24-44-46(34)38-17-7-9-22-42(38)56-44/h1-29H. The van der Waals surface area contributed by atoms with Gasteiger partial charge in [-0.25, -0.2) is 15.0 Å². The lowest BCUT2D eigenvalue weighted by Gasteiger charge is -2.11. The molecule has 0 aliphatic heterocycles. The molecule has 0 fully saturated rings. The highest BCUT2D eigenvalue weighted by Gasteiger charge is 2.21. The fraction of sp³-hybridized carbons (Fsp3) is 0. The van der Waals surface area contributed by atoms with E-state index >= 15 is 0 Å². The third-order valence-corrected chi connectivity index (χ3v) is 13.2. The Morgan fingerprint density at radius 3 is 1.58 bits per heavy atom. The van der Waals surface area contributed by atoms with Gasteiger partial charge >= 0.3 is 0 Å². The highest BCUT2D eigenvalue weighted by Crippen LogP contribution is 2.48. The highest BCUT2D eigenvalue weighted by molar-refractivity contribution is 7.26. The number of aromatic nitrogens is 3. The number of fused-ring (bicyclic) bond motifs is 9. The predicted molar refractivity (Wildman–Crippen MR) is 240 cm³/mol. The Morgan fingerprint density at radius 1 is 0.333 bits per heavy atom. The van der Waals surface area contributed by atoms with Gasteiger partial charge < -0.3 is 4.42 Å². The number of hydrogen-bond donors (Lipinski definition) is 0. The van der Waals surface area contributed by atoms with Crippen molar-refractivity contribution < 1.29 is 4.42 Å². The minimum Gasteiger partial charge on any atom is -0.455 e. The molecule has 0 aliphatic rings. The van der Waals surface area contributed by atoms with Crippen LogP contribution < -0.4 is 0 Å². The van der Waals surface area contributed by atoms with Crippen LogP contribution in [0.2, 0.25) is 0 Å². The second-order valence-electron chi connectivity index (χ2n) is 14.3. The van der Waals surface area contributed by atoms with Gasteiger partial charge in [-0.2, -0.15) is 0 Å². The summed E-state index contributed by atoms with van der Waals surface area (Å²) in [5.41, 5.74) is 9.07. The number of nitrogens with zero attached hydrogens (tertiary/aromatic N) is 3. The Balaban J connectivity index is 1.07. The van der Waals surface area contributed by atoms with Gasteiger partial charge in [0, 0.05) is 73.4 Å². The fourth-order valence-electron chi connectivity index (χ4n) is 8.32. The first-order valence-corrected chi connectivity index (χ1v) is 20.6. The number of furan rings is 1. The molecule has 12 aromatic rings. The zero-order chi connectivity index (χ0) is 37.5. The Morgan fingerprint density at radius 2 is 0.877 bits per heavy atom. The molecule has 0 radical (unpaired) electrons. The molecule has 0 unspecified atom stereocenters. The molecule has 266 valence electrons. The smallest absolute Gasteiger partial charge is 0.164 e. The van der Waals surface area contributed by atoms with Crippen LogP contribution in [-0.4, -0.2) is 15.0 Å². The number of benzene rings is 8. The molecule has 0 atom stereocenters. The van der Waals surface area contributed by atoms with Crippen LogP contribution in [0.3, 0.4) is 0 Å². The van der Waals surface area contributed by atoms with E-state index in [2.05, 4.69) is 115 Å². The summed E-state index contributed by atoms with van der Waals surface area (Å²) in [5, 5.41) is 7.24. The molecule has 57 heavy (non-hydrogen) atoms. The van der Waals surface area contributed by atoms with Crippen molar-refractivity contribution >= 4 is 85.0 Å². The molecule has 0 saturated carbocycles. The molecule has 4 heterocycles. The van der Waals surface area contributed by atoms with E-state index in [4.69, 9.17) is 19.4 Å². The predicted octanol–water partition coefficient (Wildman–Crippen LogP) is 14.8. The van der Waals surface area contributed by atoms with Gasteiger partial charge in [0.25, 0.3) is 0 Å². The first-order valence-electron chi connectivity index (χ1n) is 18.9. The summed E-state index contributed by atoms with van der Waals surface area (Å²) in [6.45, 7) is 0. The number of hydrogen-bond acceptors (Lipinski definition) is 6. The van der Waals surface area contributed by atoms with Crippen molar-refractivity contribution in [3.63, 3.8) is 0 Å². The average molecular weight is 764 g/mol. The van der Waals surface area contributed by atoms with Crippen LogP contribution in [0.1, 0.15) is 0 Å². The third kappa shape index (κ3) is 5.22. The molecule has 4 aromatic heterocycles. The summed E-state index contributed by atoms with van der Waals surface area (Å²) >= 11 is 3.71. The molecule has 0 bridgehead atoms. The normalized spacial score (nSPS) is 11.9. The first-order chi connectivity index (χ1) is 28.2. The first kappa shape index (κ1) is 32.3. The van der Waals surface area contributed by atoms with Crippen LogP contribution in [0.15, 0.2) is 180 Å². The zero-order valence-corrected chi connectivity index (χ0v) is 31.9. The maximum atomic E-state index is 6.96. The van der Waals surface area contributed by atoms with E-state index in [9.17, 15) is 0 Å². The SMILES string of the molecule is c1ccc(-c2nc(-c3ccccc3)nc(-c3ccc4c(c3)oc3c(-c5cc(-c6cccc7sc8ccccc8c67)cc6sc7ccccc7c56)cccc34)n2)cc1. The Hall–Kier alpha value is -6.99. The summed E-state index contributed by atoms with van der Waals surface area (Å²) in [6.07, 6.45) is 0. The van der Waals surface area contributed by atoms with E-state index in [1.54, 1.807) is 0 Å². The van der Waals surface area contributed by atoms with E-state index in [1.165, 1.54) is 57.0 Å². The molecular weight excluding hydrogens is 735 g/mol. The summed E-state index contributed by atoms with van der Waals surface area (Å²) in [5.74, 6) is 1.86. The van der Waals surface area contributed by atoms with Crippen molar-refractivity contribution in [3.05, 3.63) is 176 Å². The van der Waals surface area contributed by atoms with E-state index < -0.39 is 0 Å². The molecule has 0 amide bonds. The fourth-order valence-corrected chi connectivity index (χ4v) is 10.6. The largest absolute Gasteiger partial charge is 0.455 e. The van der Waals surface area contributed by atoms with Crippen molar-refractivity contribution in [2.45, 2.75) is 0 Å². The van der Waals surface area contributed by atoms with Gasteiger partial charge in [0.1, 0.15) is 11.2 Å². The summed E-state index contributed by atoms with van der Waals surface area (Å²) in [7, 11) is 0. The lowest BCUT2D eigenvalue weighted by atomic mass is 9.92. The molecule has 6 heteroatoms. The minimum atomic E-state index is 0.597. The van der Waals surface area contributed by atoms with Crippen molar-refractivity contribution in [3.8, 4) is 56.4 Å². The Labute approximate surface area is 335 Å². The molecule has 0 aliphatic carbocycles. The van der Waals surface area contributed by atoms with Crippen LogP contribution in [0.4, 0.5) is 0 Å². The van der Waals surface area contributed by atoms with Gasteiger partial charge in [0.2, 0.25) is 0 Å². The summed E-state index contributed by atoms with van der Waals surface area (Å²) in [6, 6.07) is 62.0. The van der Waals surface area contributed by atoms with E-state index in [-0.39, 0.29) is 0 Å². The van der Waals surface area contributed by atoms with Crippen LogP contribution in [0.5, 0.6) is 0 Å². The molecule has 0 spiro atoms. The summed E-state index contributed by atoms with van der Waals surface area (Å²) < 4.78 is 12.1. The molecular formula is C51H29N3OS2. The van der Waals surface area contributed by atoms with E-state index in [0.29, 0.717) is 17.5 Å². The lowest BCUT2D eigenvalue weighted by molar-refractivity contribution is 0.670. The molecule has 8 aromatic carbocycles. The van der Waals surface area contributed by atoms with Crippen LogP contribution in [0, 0.1) is 0 Å². The molecule has 0 saturated heterocycles. The second kappa shape index (κ2) is 12.8. The number of rotatable bonds is 5. The average Bonchev–Trinajstić information content (AvgIpc) is 3.97. The topological polar surface area (TPSA) is 51.8 Å². The maximum Gasteiger partial charge on any atom is 0.164 e. The maximum absolute atomic E-state index is 6.96. The van der Waals surface area contributed by atoms with Gasteiger partial charge in [-0.05, 0) is 59.2 Å². The van der Waals surface area contributed by atoms with Crippen molar-refractivity contribution in [2.75, 3.05) is 0 Å². The number of para-hydroxylation sites is 1. The minimum absolute atomic E-state index is 0.597. The van der Waals surface area contributed by atoms with Crippen LogP contribution in [0.25, 0.3) is 119 Å². The van der Waals surface area contributed by atoms with Gasteiger partial charge in [-0.1, -0.05) is 133 Å². The highest BCUT2D eigenvalue weighted by atomic mass is 32.1. The molecule has 0 N–H and O–H groups in total. The quantitative estimate of drug-likeness (QED) is 0.175. The van der Waals surface area contributed by atoms with Gasteiger partial charge in [-0.3, -0.25) is 0 Å². The summed E-state index contributed by atoms with van der Waals surface area (Å²) in [4.78, 5) is 14.9. The van der Waals surface area contributed by atoms with Crippen molar-refractivity contribution in [1.82, 2.24) is 15.0 Å². The van der Waals surface area contributed by atoms with Crippen LogP contribution in [-0.2, 0) is 0 Å². The van der Waals surface area contributed by atoms with Gasteiger partial charge in [0.15, 0.2) is 17.5 Å². The van der Waals surface area contributed by atoms with E-state index in [1.807, 2.05) is 83.3 Å². The number of thiophene rings is 2. The van der Waals surface area contributed by atoms with Gasteiger partial charge in [0.05, 0.1) is 0 Å². The molecule has 4 nitrogen and oxygen atoms in total. The lowest BCUT2D eigenvalue weighted by Crippen LogP contribution is -2.00. The van der Waals surface area contributed by atoms with E-state index in [0.717, 1.165) is 44.2 Å². The van der Waals surface area contributed by atoms with Gasteiger partial charge in [-0.15, -0.1) is 22.7 Å². The second-order valence-corrected chi connectivity index (χ2v) is 16.5.